The van der Waals surface area contributed by atoms with Gasteiger partial charge in [-0.25, -0.2) is 0 Å². The molecule has 0 unspecified atom stereocenters. The third-order valence-electron chi connectivity index (χ3n) is 0.605. The molecule has 0 radical (unpaired) electrons. The van der Waals surface area contributed by atoms with E-state index in [2.05, 4.69) is 6.58 Å². The minimum absolute atomic E-state index is 0. The lowest BCUT2D eigenvalue weighted by molar-refractivity contribution is 1.01. The summed E-state index contributed by atoms with van der Waals surface area (Å²) in [6, 6.07) is 0. The van der Waals surface area contributed by atoms with Crippen molar-refractivity contribution in [2.45, 2.75) is 6.42 Å². The zero-order valence-corrected chi connectivity index (χ0v) is 5.66. The number of rotatable bonds is 3. The number of allylic oxidation sites excluding steroid dienone is 2. The van der Waals surface area contributed by atoms with E-state index in [4.69, 9.17) is 5.73 Å². The van der Waals surface area contributed by atoms with Crippen LogP contribution in [0.4, 0.5) is 0 Å². The topological polar surface area (TPSA) is 26.0 Å². The highest BCUT2D eigenvalue weighted by molar-refractivity contribution is 5.85. The molecule has 0 aromatic carbocycles. The van der Waals surface area contributed by atoms with Gasteiger partial charge in [-0.2, -0.15) is 0 Å². The number of nitrogens with two attached hydrogens (primary N) is 1. The van der Waals surface area contributed by atoms with E-state index >= 15 is 0 Å². The van der Waals surface area contributed by atoms with Gasteiger partial charge in [0.1, 0.15) is 0 Å². The molecule has 0 saturated heterocycles. The normalized spacial score (nSPS) is 8.62. The first kappa shape index (κ1) is 10.7. The summed E-state index contributed by atoms with van der Waals surface area (Å²) in [6.45, 7) is 4.23. The summed E-state index contributed by atoms with van der Waals surface area (Å²) in [5.74, 6) is 0. The Kier molecular flexibility index (Phi) is 13.2. The Morgan fingerprint density at radius 2 is 2.12 bits per heavy atom. The average molecular weight is 134 g/mol. The van der Waals surface area contributed by atoms with Crippen LogP contribution < -0.4 is 5.73 Å². The summed E-state index contributed by atoms with van der Waals surface area (Å²) in [4.78, 5) is 0. The maximum absolute atomic E-state index is 5.18. The van der Waals surface area contributed by atoms with Crippen LogP contribution in [-0.4, -0.2) is 6.54 Å². The molecule has 0 fully saturated rings. The van der Waals surface area contributed by atoms with E-state index in [1.54, 1.807) is 6.08 Å². The SMILES string of the molecule is C=C/C=C/CCN.Cl. The fourth-order valence-electron chi connectivity index (χ4n) is 0.289. The standard InChI is InChI=1S/C6H11N.ClH/c1-2-3-4-5-6-7;/h2-4H,1,5-7H2;1H/b4-3+;. The summed E-state index contributed by atoms with van der Waals surface area (Å²) >= 11 is 0. The lowest BCUT2D eigenvalue weighted by Crippen LogP contribution is -1.94. The van der Waals surface area contributed by atoms with Crippen molar-refractivity contribution in [3.8, 4) is 0 Å². The number of halogens is 1. The van der Waals surface area contributed by atoms with Gasteiger partial charge in [-0.3, -0.25) is 0 Å². The predicted molar refractivity (Wildman–Crippen MR) is 40.3 cm³/mol. The highest BCUT2D eigenvalue weighted by Gasteiger charge is 1.65. The number of hydrogen-bond acceptors (Lipinski definition) is 1. The monoisotopic (exact) mass is 133 g/mol. The molecule has 0 heterocycles. The molecule has 0 aliphatic rings. The van der Waals surface area contributed by atoms with Crippen LogP contribution in [0.1, 0.15) is 6.42 Å². The van der Waals surface area contributed by atoms with Gasteiger partial charge in [0.05, 0.1) is 0 Å². The van der Waals surface area contributed by atoms with Crippen molar-refractivity contribution in [2.24, 2.45) is 5.73 Å². The maximum Gasteiger partial charge on any atom is -0.00425 e. The van der Waals surface area contributed by atoms with E-state index in [1.165, 1.54) is 0 Å². The molecule has 8 heavy (non-hydrogen) atoms. The average Bonchev–Trinajstić information content (AvgIpc) is 1.69. The molecule has 2 heteroatoms. The minimum Gasteiger partial charge on any atom is -0.330 e. The molecule has 0 spiro atoms. The Bertz CT molecular complexity index is 68.9. The largest absolute Gasteiger partial charge is 0.330 e. The van der Waals surface area contributed by atoms with Gasteiger partial charge in [-0.05, 0) is 13.0 Å². The minimum atomic E-state index is 0. The third kappa shape index (κ3) is 9.21. The Hall–Kier alpha value is -0.270. The third-order valence-corrected chi connectivity index (χ3v) is 0.605. The molecule has 0 aromatic heterocycles. The van der Waals surface area contributed by atoms with Crippen molar-refractivity contribution in [3.63, 3.8) is 0 Å². The van der Waals surface area contributed by atoms with Crippen LogP contribution >= 0.6 is 12.4 Å². The molecule has 0 atom stereocenters. The van der Waals surface area contributed by atoms with Gasteiger partial charge in [-0.1, -0.05) is 24.8 Å². The van der Waals surface area contributed by atoms with Gasteiger partial charge in [0.15, 0.2) is 0 Å². The van der Waals surface area contributed by atoms with E-state index in [9.17, 15) is 0 Å². The van der Waals surface area contributed by atoms with Gasteiger partial charge < -0.3 is 5.73 Å². The zero-order valence-electron chi connectivity index (χ0n) is 4.84. The van der Waals surface area contributed by atoms with E-state index < -0.39 is 0 Å². The van der Waals surface area contributed by atoms with Crippen molar-refractivity contribution in [1.82, 2.24) is 0 Å². The van der Waals surface area contributed by atoms with Crippen LogP contribution in [0.25, 0.3) is 0 Å². The highest BCUT2D eigenvalue weighted by Crippen LogP contribution is 1.76. The van der Waals surface area contributed by atoms with Crippen molar-refractivity contribution in [2.75, 3.05) is 6.54 Å². The lowest BCUT2D eigenvalue weighted by atomic mass is 10.4. The van der Waals surface area contributed by atoms with Crippen LogP contribution in [0, 0.1) is 0 Å². The van der Waals surface area contributed by atoms with Crippen molar-refractivity contribution in [3.05, 3.63) is 24.8 Å². The Balaban J connectivity index is 0. The molecule has 48 valence electrons. The smallest absolute Gasteiger partial charge is 0.00425 e. The Morgan fingerprint density at radius 3 is 2.50 bits per heavy atom. The fraction of sp³-hybridized carbons (Fsp3) is 0.333. The predicted octanol–water partition coefficient (Wildman–Crippen LogP) is 1.50. The summed E-state index contributed by atoms with van der Waals surface area (Å²) < 4.78 is 0. The van der Waals surface area contributed by atoms with E-state index in [1.807, 2.05) is 12.2 Å². The van der Waals surface area contributed by atoms with Crippen LogP contribution in [-0.2, 0) is 0 Å². The van der Waals surface area contributed by atoms with Gasteiger partial charge in [0.25, 0.3) is 0 Å². The molecule has 1 nitrogen and oxygen atoms in total. The maximum atomic E-state index is 5.18. The second kappa shape index (κ2) is 9.88. The quantitative estimate of drug-likeness (QED) is 0.581. The summed E-state index contributed by atoms with van der Waals surface area (Å²) in [7, 11) is 0. The molecule has 0 rings (SSSR count). The molecule has 0 aliphatic carbocycles. The first-order valence-electron chi connectivity index (χ1n) is 2.39. The van der Waals surface area contributed by atoms with Crippen LogP contribution in [0.5, 0.6) is 0 Å². The van der Waals surface area contributed by atoms with Gasteiger partial charge in [0, 0.05) is 0 Å². The zero-order chi connectivity index (χ0) is 5.54. The molecule has 0 bridgehead atoms. The van der Waals surface area contributed by atoms with Gasteiger partial charge >= 0.3 is 0 Å². The lowest BCUT2D eigenvalue weighted by Gasteiger charge is -1.78. The fourth-order valence-corrected chi connectivity index (χ4v) is 0.289. The molecule has 0 amide bonds. The molecular weight excluding hydrogens is 122 g/mol. The van der Waals surface area contributed by atoms with Crippen molar-refractivity contribution < 1.29 is 0 Å². The van der Waals surface area contributed by atoms with E-state index in [-0.39, 0.29) is 12.4 Å². The molecular formula is C6H12ClN. The Morgan fingerprint density at radius 1 is 1.50 bits per heavy atom. The highest BCUT2D eigenvalue weighted by atomic mass is 35.5. The molecule has 0 aromatic rings. The molecule has 0 aliphatic heterocycles. The molecule has 0 saturated carbocycles. The second-order valence-corrected chi connectivity index (χ2v) is 1.24. The van der Waals surface area contributed by atoms with Crippen molar-refractivity contribution >= 4 is 12.4 Å². The second-order valence-electron chi connectivity index (χ2n) is 1.24. The van der Waals surface area contributed by atoms with Gasteiger partial charge in [0.2, 0.25) is 0 Å². The summed E-state index contributed by atoms with van der Waals surface area (Å²) in [5.41, 5.74) is 5.18. The summed E-state index contributed by atoms with van der Waals surface area (Å²) in [6.07, 6.45) is 6.58. The van der Waals surface area contributed by atoms with Crippen molar-refractivity contribution in [1.29, 1.82) is 0 Å². The van der Waals surface area contributed by atoms with E-state index in [0.29, 0.717) is 0 Å². The van der Waals surface area contributed by atoms with Gasteiger partial charge in [-0.15, -0.1) is 12.4 Å². The van der Waals surface area contributed by atoms with Crippen LogP contribution in [0.15, 0.2) is 24.8 Å². The molecule has 2 N–H and O–H groups in total. The summed E-state index contributed by atoms with van der Waals surface area (Å²) in [5, 5.41) is 0. The first-order valence-corrected chi connectivity index (χ1v) is 2.39. The number of hydrogen-bond donors (Lipinski definition) is 1. The van der Waals surface area contributed by atoms with Crippen LogP contribution in [0.2, 0.25) is 0 Å². The first-order chi connectivity index (χ1) is 3.41. The van der Waals surface area contributed by atoms with E-state index in [0.717, 1.165) is 13.0 Å². The Labute approximate surface area is 56.7 Å². The van der Waals surface area contributed by atoms with Crippen LogP contribution in [0.3, 0.4) is 0 Å².